The maximum atomic E-state index is 10.8. The summed E-state index contributed by atoms with van der Waals surface area (Å²) in [6, 6.07) is 13.3. The number of carbonyl (C=O) groups excluding carboxylic acids is 2. The van der Waals surface area contributed by atoms with E-state index in [-0.39, 0.29) is 17.4 Å². The van der Waals surface area contributed by atoms with Crippen molar-refractivity contribution in [2.75, 3.05) is 5.73 Å². The number of nitrogens with two attached hydrogens (primary N) is 1. The van der Waals surface area contributed by atoms with Crippen LogP contribution in [0.25, 0.3) is 21.5 Å². The Morgan fingerprint density at radius 3 is 1.91 bits per heavy atom. The fraction of sp³-hybridized carbons (Fsp3) is 0.0909. The number of rotatable bonds is 3. The highest BCUT2D eigenvalue weighted by Crippen LogP contribution is 2.27. The lowest BCUT2D eigenvalue weighted by Gasteiger charge is -2.04. The summed E-state index contributed by atoms with van der Waals surface area (Å²) in [6.07, 6.45) is 3.06. The van der Waals surface area contributed by atoms with Crippen LogP contribution in [0.3, 0.4) is 0 Å². The fourth-order valence-electron chi connectivity index (χ4n) is 2.87. The second-order valence-corrected chi connectivity index (χ2v) is 6.56. The molecular formula is C22H18N4O6. The lowest BCUT2D eigenvalue weighted by molar-refractivity contribution is -0.383. The Kier molecular flexibility index (Phi) is 6.54. The molecule has 2 heterocycles. The van der Waals surface area contributed by atoms with Crippen molar-refractivity contribution in [3.63, 3.8) is 0 Å². The van der Waals surface area contributed by atoms with E-state index in [0.717, 1.165) is 10.8 Å². The fourth-order valence-corrected chi connectivity index (χ4v) is 2.87. The average Bonchev–Trinajstić information content (AvgIpc) is 2.73. The molecule has 0 bridgehead atoms. The van der Waals surface area contributed by atoms with Crippen LogP contribution < -0.4 is 15.2 Å². The van der Waals surface area contributed by atoms with Gasteiger partial charge in [-0.25, -0.2) is 9.97 Å². The maximum Gasteiger partial charge on any atom is 0.309 e. The van der Waals surface area contributed by atoms with Crippen LogP contribution in [0, 0.1) is 10.1 Å². The molecule has 0 saturated carbocycles. The molecule has 4 rings (SSSR count). The molecule has 0 aliphatic heterocycles. The normalized spacial score (nSPS) is 10.2. The van der Waals surface area contributed by atoms with E-state index in [0.29, 0.717) is 16.5 Å². The first-order valence-electron chi connectivity index (χ1n) is 9.29. The predicted octanol–water partition coefficient (Wildman–Crippen LogP) is 3.81. The Balaban J connectivity index is 0.000000182. The molecule has 0 unspecified atom stereocenters. The average molecular weight is 434 g/mol. The van der Waals surface area contributed by atoms with Crippen LogP contribution in [0.1, 0.15) is 13.8 Å². The molecule has 10 heteroatoms. The maximum absolute atomic E-state index is 10.8. The summed E-state index contributed by atoms with van der Waals surface area (Å²) >= 11 is 0. The van der Waals surface area contributed by atoms with Crippen molar-refractivity contribution >= 4 is 44.9 Å². The van der Waals surface area contributed by atoms with Gasteiger partial charge >= 0.3 is 11.9 Å². The van der Waals surface area contributed by atoms with Crippen LogP contribution in [-0.4, -0.2) is 26.8 Å². The van der Waals surface area contributed by atoms with Crippen LogP contribution >= 0.6 is 0 Å². The van der Waals surface area contributed by atoms with Gasteiger partial charge in [0.2, 0.25) is 11.8 Å². The minimum absolute atomic E-state index is 0.0432. The summed E-state index contributed by atoms with van der Waals surface area (Å²) in [5.74, 6) is -0.584. The number of nitro groups is 1. The number of nitro benzene ring substituents is 1. The van der Waals surface area contributed by atoms with Crippen LogP contribution in [0.4, 0.5) is 11.4 Å². The first kappa shape index (κ1) is 22.1. The summed E-state index contributed by atoms with van der Waals surface area (Å²) in [5.41, 5.74) is 6.39. The highest BCUT2D eigenvalue weighted by molar-refractivity contribution is 5.93. The Morgan fingerprint density at radius 1 is 0.875 bits per heavy atom. The summed E-state index contributed by atoms with van der Waals surface area (Å²) in [7, 11) is 0. The second kappa shape index (κ2) is 9.47. The van der Waals surface area contributed by atoms with Crippen LogP contribution in [0.15, 0.2) is 60.9 Å². The van der Waals surface area contributed by atoms with Crippen LogP contribution in [0.2, 0.25) is 0 Å². The predicted molar refractivity (Wildman–Crippen MR) is 117 cm³/mol. The van der Waals surface area contributed by atoms with E-state index in [1.807, 2.05) is 12.1 Å². The number of non-ortho nitro benzene ring substituents is 1. The molecular weight excluding hydrogens is 416 g/mol. The van der Waals surface area contributed by atoms with Gasteiger partial charge in [-0.05, 0) is 6.07 Å². The molecule has 162 valence electrons. The molecule has 2 N–H and O–H groups in total. The molecule has 0 radical (unpaired) electrons. The number of nitrogens with zero attached hydrogens (tertiary/aromatic N) is 3. The minimum Gasteiger partial charge on any atom is -0.408 e. The zero-order chi connectivity index (χ0) is 23.3. The van der Waals surface area contributed by atoms with Gasteiger partial charge in [0.15, 0.2) is 0 Å². The Labute approximate surface area is 181 Å². The molecule has 2 aromatic heterocycles. The van der Waals surface area contributed by atoms with E-state index >= 15 is 0 Å². The zero-order valence-corrected chi connectivity index (χ0v) is 17.1. The number of ether oxygens (including phenoxy) is 2. The van der Waals surface area contributed by atoms with E-state index in [2.05, 4.69) is 9.97 Å². The van der Waals surface area contributed by atoms with Gasteiger partial charge in [0.05, 0.1) is 10.3 Å². The van der Waals surface area contributed by atoms with Crippen molar-refractivity contribution in [3.8, 4) is 11.8 Å². The SMILES string of the molecule is CC(=O)Oc1cc2c(N)cccc2cn1.CC(=O)Oc1cc2c([N+](=O)[O-])cccc2cn1. The van der Waals surface area contributed by atoms with Crippen LogP contribution in [-0.2, 0) is 9.59 Å². The third-order valence-corrected chi connectivity index (χ3v) is 4.18. The first-order chi connectivity index (χ1) is 15.2. The Bertz CT molecular complexity index is 1340. The third-order valence-electron chi connectivity index (χ3n) is 4.18. The first-order valence-corrected chi connectivity index (χ1v) is 9.29. The molecule has 0 saturated heterocycles. The quantitative estimate of drug-likeness (QED) is 0.220. The second-order valence-electron chi connectivity index (χ2n) is 6.56. The van der Waals surface area contributed by atoms with E-state index in [1.165, 1.54) is 32.2 Å². The molecule has 0 amide bonds. The topological polar surface area (TPSA) is 148 Å². The smallest absolute Gasteiger partial charge is 0.309 e. The molecule has 0 atom stereocenters. The van der Waals surface area contributed by atoms with Gasteiger partial charge < -0.3 is 15.2 Å². The van der Waals surface area contributed by atoms with Crippen molar-refractivity contribution in [1.82, 2.24) is 9.97 Å². The molecule has 0 aliphatic carbocycles. The number of fused-ring (bicyclic) bond motifs is 2. The summed E-state index contributed by atoms with van der Waals surface area (Å²) in [4.78, 5) is 39.7. The van der Waals surface area contributed by atoms with E-state index in [9.17, 15) is 19.7 Å². The Morgan fingerprint density at radius 2 is 1.38 bits per heavy atom. The molecule has 4 aromatic rings. The van der Waals surface area contributed by atoms with Gasteiger partial charge in [-0.2, -0.15) is 0 Å². The molecule has 0 spiro atoms. The largest absolute Gasteiger partial charge is 0.408 e. The van der Waals surface area contributed by atoms with Gasteiger partial charge in [0.1, 0.15) is 0 Å². The molecule has 32 heavy (non-hydrogen) atoms. The standard InChI is InChI=1S/C11H8N2O4.C11H10N2O2/c1-7(14)17-11-5-9-8(6-12-11)3-2-4-10(9)13(15)16;1-7(14)15-11-5-9-8(6-13-11)3-2-4-10(9)12/h2-6H,1H3;2-6H,12H2,1H3. The lowest BCUT2D eigenvalue weighted by Crippen LogP contribution is -2.03. The molecule has 0 fully saturated rings. The van der Waals surface area contributed by atoms with Crippen LogP contribution in [0.5, 0.6) is 11.8 Å². The van der Waals surface area contributed by atoms with Crippen molar-refractivity contribution in [2.24, 2.45) is 0 Å². The number of nitrogen functional groups attached to an aromatic ring is 1. The van der Waals surface area contributed by atoms with E-state index in [4.69, 9.17) is 15.2 Å². The van der Waals surface area contributed by atoms with Crippen molar-refractivity contribution in [3.05, 3.63) is 71.0 Å². The number of aromatic nitrogens is 2. The lowest BCUT2D eigenvalue weighted by atomic mass is 10.1. The summed E-state index contributed by atoms with van der Waals surface area (Å²) in [5, 5.41) is 13.6. The molecule has 0 aliphatic rings. The number of pyridine rings is 2. The monoisotopic (exact) mass is 434 g/mol. The highest BCUT2D eigenvalue weighted by atomic mass is 16.6. The number of hydrogen-bond donors (Lipinski definition) is 1. The van der Waals surface area contributed by atoms with Gasteiger partial charge in [-0.15, -0.1) is 0 Å². The molecule has 10 nitrogen and oxygen atoms in total. The van der Waals surface area contributed by atoms with Crippen molar-refractivity contribution < 1.29 is 24.0 Å². The van der Waals surface area contributed by atoms with Gasteiger partial charge in [0, 0.05) is 66.3 Å². The number of esters is 2. The highest BCUT2D eigenvalue weighted by Gasteiger charge is 2.13. The van der Waals surface area contributed by atoms with Crippen molar-refractivity contribution in [1.29, 1.82) is 0 Å². The summed E-state index contributed by atoms with van der Waals surface area (Å²) < 4.78 is 9.66. The molecule has 2 aromatic carbocycles. The van der Waals surface area contributed by atoms with Gasteiger partial charge in [-0.3, -0.25) is 19.7 Å². The summed E-state index contributed by atoms with van der Waals surface area (Å²) in [6.45, 7) is 2.57. The minimum atomic E-state index is -0.518. The zero-order valence-electron chi connectivity index (χ0n) is 17.1. The third kappa shape index (κ3) is 5.30. The number of carbonyl (C=O) groups is 2. The van der Waals surface area contributed by atoms with Gasteiger partial charge in [-0.1, -0.05) is 24.3 Å². The van der Waals surface area contributed by atoms with E-state index in [1.54, 1.807) is 30.5 Å². The van der Waals surface area contributed by atoms with E-state index < -0.39 is 16.9 Å². The number of anilines is 1. The van der Waals surface area contributed by atoms with Crippen molar-refractivity contribution in [2.45, 2.75) is 13.8 Å². The Hall–Kier alpha value is -4.60. The van der Waals surface area contributed by atoms with Gasteiger partial charge in [0.25, 0.3) is 5.69 Å². The number of hydrogen-bond acceptors (Lipinski definition) is 9. The number of benzene rings is 2.